The highest BCUT2D eigenvalue weighted by atomic mass is 16.5. The molecule has 5 rings (SSSR count). The number of hydrogen-bond donors (Lipinski definition) is 1. The lowest BCUT2D eigenvalue weighted by Crippen LogP contribution is -2.32. The fourth-order valence-corrected chi connectivity index (χ4v) is 5.85. The van der Waals surface area contributed by atoms with Crippen LogP contribution in [-0.4, -0.2) is 64.3 Å². The fraction of sp³-hybridized carbons (Fsp3) is 0.696. The number of nitrogens with one attached hydrogen (secondary N) is 1. The molecule has 0 radical (unpaired) electrons. The van der Waals surface area contributed by atoms with Crippen LogP contribution < -0.4 is 5.32 Å². The summed E-state index contributed by atoms with van der Waals surface area (Å²) in [5, 5.41) is 16.7. The lowest BCUT2D eigenvalue weighted by molar-refractivity contribution is 0.0544. The van der Waals surface area contributed by atoms with Crippen molar-refractivity contribution in [3.05, 3.63) is 23.9 Å². The highest BCUT2D eigenvalue weighted by Crippen LogP contribution is 2.42. The molecule has 2 saturated heterocycles. The lowest BCUT2D eigenvalue weighted by atomic mass is 9.99. The number of aromatic nitrogens is 4. The summed E-state index contributed by atoms with van der Waals surface area (Å²) in [6, 6.07) is 4.08. The highest BCUT2D eigenvalue weighted by molar-refractivity contribution is 5.59. The molecule has 2 aromatic rings. The molecular formula is C23H34N6O. The van der Waals surface area contributed by atoms with Crippen LogP contribution in [0.3, 0.4) is 0 Å². The molecule has 3 aliphatic rings. The van der Waals surface area contributed by atoms with Gasteiger partial charge in [0.2, 0.25) is 0 Å². The molecule has 2 aliphatic heterocycles. The minimum Gasteiger partial charge on any atom is -0.381 e. The van der Waals surface area contributed by atoms with Crippen molar-refractivity contribution in [2.45, 2.75) is 32.6 Å². The molecule has 1 N–H and O–H groups in total. The monoisotopic (exact) mass is 410 g/mol. The van der Waals surface area contributed by atoms with Gasteiger partial charge >= 0.3 is 0 Å². The first-order valence-electron chi connectivity index (χ1n) is 11.5. The Labute approximate surface area is 179 Å². The van der Waals surface area contributed by atoms with Crippen LogP contribution in [0.2, 0.25) is 0 Å². The van der Waals surface area contributed by atoms with Crippen molar-refractivity contribution in [2.24, 2.45) is 30.7 Å². The molecule has 0 bridgehead atoms. The summed E-state index contributed by atoms with van der Waals surface area (Å²) in [6.45, 7) is 8.88. The Balaban J connectivity index is 1.09. The number of likely N-dealkylation sites (tertiary alicyclic amines) is 1. The number of aryl methyl sites for hydroxylation is 2. The Morgan fingerprint density at radius 1 is 1.07 bits per heavy atom. The van der Waals surface area contributed by atoms with Crippen LogP contribution in [0.4, 0.5) is 5.82 Å². The summed E-state index contributed by atoms with van der Waals surface area (Å²) < 4.78 is 7.37. The first-order valence-corrected chi connectivity index (χ1v) is 11.5. The molecule has 162 valence electrons. The zero-order valence-electron chi connectivity index (χ0n) is 18.3. The van der Waals surface area contributed by atoms with E-state index >= 15 is 0 Å². The lowest BCUT2D eigenvalue weighted by Gasteiger charge is -2.27. The maximum atomic E-state index is 5.51. The normalized spacial score (nSPS) is 27.5. The molecule has 2 aromatic heterocycles. The molecule has 3 atom stereocenters. The van der Waals surface area contributed by atoms with E-state index in [0.29, 0.717) is 0 Å². The van der Waals surface area contributed by atoms with Crippen LogP contribution in [0.25, 0.3) is 11.4 Å². The van der Waals surface area contributed by atoms with Crippen molar-refractivity contribution in [1.82, 2.24) is 24.9 Å². The third-order valence-corrected chi connectivity index (χ3v) is 7.38. The summed E-state index contributed by atoms with van der Waals surface area (Å²) in [7, 11) is 1.94. The molecular weight excluding hydrogens is 376 g/mol. The second-order valence-corrected chi connectivity index (χ2v) is 9.62. The zero-order valence-corrected chi connectivity index (χ0v) is 18.3. The van der Waals surface area contributed by atoms with Gasteiger partial charge in [-0.2, -0.15) is 5.10 Å². The number of ether oxygens (including phenoxy) is 1. The number of fused-ring (bicyclic) bond motifs is 1. The number of nitrogens with zero attached hydrogens (tertiary/aromatic N) is 5. The minimum absolute atomic E-state index is 0.756. The first-order chi connectivity index (χ1) is 14.7. The third kappa shape index (κ3) is 4.23. The summed E-state index contributed by atoms with van der Waals surface area (Å²) in [6.07, 6.45) is 7.06. The SMILES string of the molecule is Cc1cnn(C)c1-c1ccc(NC[C@H]2CC3CN(CC4CCOCC4)C[C@@H]3C2)nn1. The van der Waals surface area contributed by atoms with Crippen LogP contribution in [0, 0.1) is 30.6 Å². The van der Waals surface area contributed by atoms with E-state index in [-0.39, 0.29) is 0 Å². The average Bonchev–Trinajstić information content (AvgIpc) is 3.41. The van der Waals surface area contributed by atoms with Crippen molar-refractivity contribution >= 4 is 5.82 Å². The van der Waals surface area contributed by atoms with Gasteiger partial charge in [-0.15, -0.1) is 10.2 Å². The highest BCUT2D eigenvalue weighted by Gasteiger charge is 2.41. The molecule has 7 nitrogen and oxygen atoms in total. The summed E-state index contributed by atoms with van der Waals surface area (Å²) >= 11 is 0. The second-order valence-electron chi connectivity index (χ2n) is 9.62. The molecule has 3 fully saturated rings. The zero-order chi connectivity index (χ0) is 20.5. The number of rotatable bonds is 6. The topological polar surface area (TPSA) is 68.1 Å². The van der Waals surface area contributed by atoms with Crippen molar-refractivity contribution in [3.8, 4) is 11.4 Å². The first kappa shape index (κ1) is 19.9. The summed E-state index contributed by atoms with van der Waals surface area (Å²) in [5.41, 5.74) is 3.02. The van der Waals surface area contributed by atoms with E-state index in [1.165, 1.54) is 45.3 Å². The van der Waals surface area contributed by atoms with E-state index in [1.807, 2.05) is 30.1 Å². The summed E-state index contributed by atoms with van der Waals surface area (Å²) in [4.78, 5) is 2.74. The van der Waals surface area contributed by atoms with E-state index in [4.69, 9.17) is 4.74 Å². The van der Waals surface area contributed by atoms with Gasteiger partial charge in [0.05, 0.1) is 11.9 Å². The third-order valence-electron chi connectivity index (χ3n) is 7.38. The van der Waals surface area contributed by atoms with Gasteiger partial charge in [0.25, 0.3) is 0 Å². The second kappa shape index (κ2) is 8.63. The molecule has 0 aromatic carbocycles. The molecule has 1 aliphatic carbocycles. The van der Waals surface area contributed by atoms with E-state index in [1.54, 1.807) is 0 Å². The van der Waals surface area contributed by atoms with Crippen molar-refractivity contribution in [2.75, 3.05) is 44.7 Å². The average molecular weight is 411 g/mol. The number of hydrogen-bond acceptors (Lipinski definition) is 6. The Morgan fingerprint density at radius 2 is 1.83 bits per heavy atom. The molecule has 1 saturated carbocycles. The largest absolute Gasteiger partial charge is 0.381 e. The van der Waals surface area contributed by atoms with Crippen LogP contribution in [0.5, 0.6) is 0 Å². The number of anilines is 1. The quantitative estimate of drug-likeness (QED) is 0.790. The Kier molecular flexibility index (Phi) is 5.74. The van der Waals surface area contributed by atoms with Gasteiger partial charge in [0.1, 0.15) is 11.5 Å². The van der Waals surface area contributed by atoms with Crippen LogP contribution in [0.1, 0.15) is 31.2 Å². The molecule has 1 unspecified atom stereocenters. The van der Waals surface area contributed by atoms with E-state index in [2.05, 4.69) is 32.4 Å². The molecule has 7 heteroatoms. The maximum Gasteiger partial charge on any atom is 0.148 e. The fourth-order valence-electron chi connectivity index (χ4n) is 5.85. The smallest absolute Gasteiger partial charge is 0.148 e. The Hall–Kier alpha value is -1.99. The van der Waals surface area contributed by atoms with E-state index < -0.39 is 0 Å². The van der Waals surface area contributed by atoms with E-state index in [9.17, 15) is 0 Å². The maximum absolute atomic E-state index is 5.51. The molecule has 0 spiro atoms. The predicted molar refractivity (Wildman–Crippen MR) is 117 cm³/mol. The van der Waals surface area contributed by atoms with Gasteiger partial charge in [-0.1, -0.05) is 0 Å². The molecule has 4 heterocycles. The summed E-state index contributed by atoms with van der Waals surface area (Å²) in [5.74, 6) is 4.25. The van der Waals surface area contributed by atoms with Crippen molar-refractivity contribution in [3.63, 3.8) is 0 Å². The van der Waals surface area contributed by atoms with Gasteiger partial charge in [0.15, 0.2) is 0 Å². The minimum atomic E-state index is 0.756. The van der Waals surface area contributed by atoms with Gasteiger partial charge < -0.3 is 15.0 Å². The van der Waals surface area contributed by atoms with Gasteiger partial charge in [-0.05, 0) is 74.0 Å². The van der Waals surface area contributed by atoms with E-state index in [0.717, 1.165) is 66.2 Å². The predicted octanol–water partition coefficient (Wildman–Crippen LogP) is 2.98. The Morgan fingerprint density at radius 3 is 2.47 bits per heavy atom. The van der Waals surface area contributed by atoms with Gasteiger partial charge in [-0.25, -0.2) is 0 Å². The van der Waals surface area contributed by atoms with Crippen molar-refractivity contribution < 1.29 is 4.74 Å². The van der Waals surface area contributed by atoms with Crippen LogP contribution in [-0.2, 0) is 11.8 Å². The van der Waals surface area contributed by atoms with Crippen LogP contribution in [0.15, 0.2) is 18.3 Å². The van der Waals surface area contributed by atoms with Crippen LogP contribution >= 0.6 is 0 Å². The molecule has 0 amide bonds. The van der Waals surface area contributed by atoms with Gasteiger partial charge in [0, 0.05) is 46.4 Å². The van der Waals surface area contributed by atoms with Crippen molar-refractivity contribution in [1.29, 1.82) is 0 Å². The molecule has 30 heavy (non-hydrogen) atoms. The Bertz CT molecular complexity index is 810. The van der Waals surface area contributed by atoms with Gasteiger partial charge in [-0.3, -0.25) is 4.68 Å². The standard InChI is InChI=1S/C23H34N6O/c1-16-11-25-28(2)23(16)21-3-4-22(27-26-21)24-12-18-9-19-14-29(15-20(19)10-18)13-17-5-7-30-8-6-17/h3-4,11,17-20H,5-10,12-15H2,1-2H3,(H,24,27)/t18-,19+,20?/m1/s1.